The smallest absolute Gasteiger partial charge is 0.306 e. The number of unbranched alkanes of at least 4 members (excludes halogenated alkanes) is 29. The minimum atomic E-state index is -0.794. The summed E-state index contributed by atoms with van der Waals surface area (Å²) in [6.07, 6.45) is 70.3. The van der Waals surface area contributed by atoms with Gasteiger partial charge in [-0.25, -0.2) is 0 Å². The second-order valence-electron chi connectivity index (χ2n) is 18.9. The van der Waals surface area contributed by atoms with Gasteiger partial charge >= 0.3 is 17.9 Å². The fraction of sp³-hybridized carbons (Fsp3) is 0.754. The lowest BCUT2D eigenvalue weighted by atomic mass is 10.0. The van der Waals surface area contributed by atoms with Crippen LogP contribution in [0.1, 0.15) is 278 Å². The van der Waals surface area contributed by atoms with Crippen LogP contribution in [-0.2, 0) is 28.6 Å². The van der Waals surface area contributed by atoms with E-state index in [1.54, 1.807) is 0 Å². The number of carbonyl (C=O) groups is 3. The molecule has 0 radical (unpaired) electrons. The average Bonchev–Trinajstić information content (AvgIpc) is 3.33. The van der Waals surface area contributed by atoms with Crippen molar-refractivity contribution in [1.82, 2.24) is 0 Å². The summed E-state index contributed by atoms with van der Waals surface area (Å²) in [5.74, 6) is -0.921. The Kier molecular flexibility index (Phi) is 52.8. The van der Waals surface area contributed by atoms with Gasteiger partial charge in [-0.05, 0) is 83.5 Å². The molecule has 0 rings (SSSR count). The van der Waals surface area contributed by atoms with Gasteiger partial charge < -0.3 is 14.2 Å². The Morgan fingerprint density at radius 1 is 0.328 bits per heavy atom. The molecule has 0 saturated carbocycles. The molecule has 6 nitrogen and oxygen atoms in total. The molecule has 0 aliphatic rings. The van der Waals surface area contributed by atoms with Crippen molar-refractivity contribution < 1.29 is 28.6 Å². The topological polar surface area (TPSA) is 78.9 Å². The molecular weight excluding hydrogens is 829 g/mol. The highest BCUT2D eigenvalue weighted by Gasteiger charge is 2.19. The van der Waals surface area contributed by atoms with Crippen molar-refractivity contribution in [1.29, 1.82) is 0 Å². The summed E-state index contributed by atoms with van der Waals surface area (Å²) < 4.78 is 16.8. The molecule has 0 spiro atoms. The standard InChI is InChI=1S/C61H106O6/c1-4-7-10-13-16-19-22-25-28-30-31-32-34-36-39-42-45-48-51-54-60(63)66-57-58(56-65-59(62)53-50-47-44-41-38-35-27-24-21-18-15-12-9-6-3)67-61(64)55-52-49-46-43-40-37-33-29-26-23-20-17-14-11-8-5-2/h7,10,16,19,25,28-29,31-33,37,40,58H,4-6,8-9,11-15,17-18,20-24,26-27,30,34-36,38-39,41-57H2,1-3H3/b10-7-,19-16-,28-25-,32-31-,33-29-,40-37-. The molecule has 1 unspecified atom stereocenters. The van der Waals surface area contributed by atoms with Crippen molar-refractivity contribution in [2.24, 2.45) is 0 Å². The lowest BCUT2D eigenvalue weighted by molar-refractivity contribution is -0.167. The van der Waals surface area contributed by atoms with Crippen LogP contribution >= 0.6 is 0 Å². The van der Waals surface area contributed by atoms with Gasteiger partial charge in [0.1, 0.15) is 13.2 Å². The van der Waals surface area contributed by atoms with E-state index in [1.165, 1.54) is 135 Å². The van der Waals surface area contributed by atoms with E-state index < -0.39 is 6.10 Å². The predicted molar refractivity (Wildman–Crippen MR) is 288 cm³/mol. The Hall–Kier alpha value is -3.15. The van der Waals surface area contributed by atoms with Crippen molar-refractivity contribution in [3.8, 4) is 0 Å². The van der Waals surface area contributed by atoms with E-state index in [2.05, 4.69) is 93.7 Å². The van der Waals surface area contributed by atoms with Gasteiger partial charge in [0.15, 0.2) is 6.10 Å². The Morgan fingerprint density at radius 2 is 0.627 bits per heavy atom. The zero-order chi connectivity index (χ0) is 48.6. The molecular formula is C61H106O6. The quantitative estimate of drug-likeness (QED) is 0.0199. The highest BCUT2D eigenvalue weighted by Crippen LogP contribution is 2.15. The van der Waals surface area contributed by atoms with E-state index in [9.17, 15) is 14.4 Å². The number of hydrogen-bond acceptors (Lipinski definition) is 6. The molecule has 0 bridgehead atoms. The molecule has 0 saturated heterocycles. The van der Waals surface area contributed by atoms with Crippen LogP contribution in [0.15, 0.2) is 72.9 Å². The zero-order valence-corrected chi connectivity index (χ0v) is 44.2. The van der Waals surface area contributed by atoms with E-state index in [0.29, 0.717) is 19.3 Å². The zero-order valence-electron chi connectivity index (χ0n) is 44.2. The van der Waals surface area contributed by atoms with E-state index in [4.69, 9.17) is 14.2 Å². The summed E-state index contributed by atoms with van der Waals surface area (Å²) in [5, 5.41) is 0. The van der Waals surface area contributed by atoms with Crippen molar-refractivity contribution >= 4 is 17.9 Å². The molecule has 0 aromatic rings. The minimum Gasteiger partial charge on any atom is -0.462 e. The fourth-order valence-electron chi connectivity index (χ4n) is 7.95. The number of hydrogen-bond donors (Lipinski definition) is 0. The van der Waals surface area contributed by atoms with E-state index >= 15 is 0 Å². The first-order valence-corrected chi connectivity index (χ1v) is 28.5. The Labute approximate surface area is 414 Å². The third-order valence-corrected chi connectivity index (χ3v) is 12.2. The maximum Gasteiger partial charge on any atom is 0.306 e. The summed E-state index contributed by atoms with van der Waals surface area (Å²) in [6.45, 7) is 6.51. The molecule has 0 amide bonds. The van der Waals surface area contributed by atoms with Gasteiger partial charge in [0, 0.05) is 19.3 Å². The van der Waals surface area contributed by atoms with Crippen LogP contribution in [0, 0.1) is 0 Å². The molecule has 0 aliphatic carbocycles. The second-order valence-corrected chi connectivity index (χ2v) is 18.9. The van der Waals surface area contributed by atoms with Gasteiger partial charge in [-0.15, -0.1) is 0 Å². The largest absolute Gasteiger partial charge is 0.462 e. The molecule has 0 aromatic carbocycles. The lowest BCUT2D eigenvalue weighted by Crippen LogP contribution is -2.30. The van der Waals surface area contributed by atoms with Gasteiger partial charge in [0.25, 0.3) is 0 Å². The molecule has 0 aromatic heterocycles. The third kappa shape index (κ3) is 53.7. The maximum absolute atomic E-state index is 12.8. The SMILES string of the molecule is CC/C=C\C/C=C\C/C=C\C/C=C\CCCCCCCCC(=O)OCC(COC(=O)CCCCCCCCCCCCCCCC)OC(=O)CCCCC/C=C\C=C/CCCCCCCCC. The summed E-state index contributed by atoms with van der Waals surface area (Å²) in [7, 11) is 0. The molecule has 0 fully saturated rings. The number of ether oxygens (including phenoxy) is 3. The average molecular weight is 936 g/mol. The van der Waals surface area contributed by atoms with Gasteiger partial charge in [-0.1, -0.05) is 248 Å². The lowest BCUT2D eigenvalue weighted by Gasteiger charge is -2.18. The van der Waals surface area contributed by atoms with Gasteiger partial charge in [0.05, 0.1) is 0 Å². The summed E-state index contributed by atoms with van der Waals surface area (Å²) in [6, 6.07) is 0. The van der Waals surface area contributed by atoms with Crippen LogP contribution in [0.4, 0.5) is 0 Å². The van der Waals surface area contributed by atoms with Gasteiger partial charge in [-0.3, -0.25) is 14.4 Å². The van der Waals surface area contributed by atoms with Crippen LogP contribution in [0.3, 0.4) is 0 Å². The Bertz CT molecular complexity index is 1260. The van der Waals surface area contributed by atoms with Crippen LogP contribution in [-0.4, -0.2) is 37.2 Å². The van der Waals surface area contributed by atoms with Crippen molar-refractivity contribution in [3.63, 3.8) is 0 Å². The Balaban J connectivity index is 4.43. The normalized spacial score (nSPS) is 12.6. The molecule has 386 valence electrons. The summed E-state index contributed by atoms with van der Waals surface area (Å²) in [4.78, 5) is 38.1. The number of allylic oxidation sites excluding steroid dienone is 12. The first-order chi connectivity index (χ1) is 33.0. The number of esters is 3. The van der Waals surface area contributed by atoms with Crippen LogP contribution in [0.25, 0.3) is 0 Å². The predicted octanol–water partition coefficient (Wildman–Crippen LogP) is 19.0. The van der Waals surface area contributed by atoms with E-state index in [-0.39, 0.29) is 31.1 Å². The second kappa shape index (κ2) is 55.4. The first-order valence-electron chi connectivity index (χ1n) is 28.5. The first kappa shape index (κ1) is 63.8. The molecule has 67 heavy (non-hydrogen) atoms. The molecule has 0 heterocycles. The monoisotopic (exact) mass is 935 g/mol. The van der Waals surface area contributed by atoms with Crippen molar-refractivity contribution in [3.05, 3.63) is 72.9 Å². The number of rotatable bonds is 51. The molecule has 0 aliphatic heterocycles. The number of carbonyl (C=O) groups excluding carboxylic acids is 3. The fourth-order valence-corrected chi connectivity index (χ4v) is 7.95. The van der Waals surface area contributed by atoms with Crippen LogP contribution < -0.4 is 0 Å². The highest BCUT2D eigenvalue weighted by molar-refractivity contribution is 5.71. The third-order valence-electron chi connectivity index (χ3n) is 12.2. The maximum atomic E-state index is 12.8. The van der Waals surface area contributed by atoms with E-state index in [0.717, 1.165) is 103 Å². The van der Waals surface area contributed by atoms with Crippen molar-refractivity contribution in [2.75, 3.05) is 13.2 Å². The van der Waals surface area contributed by atoms with E-state index in [1.807, 2.05) is 0 Å². The Morgan fingerprint density at radius 3 is 1.01 bits per heavy atom. The molecule has 0 N–H and O–H groups in total. The molecule has 6 heteroatoms. The summed E-state index contributed by atoms with van der Waals surface area (Å²) >= 11 is 0. The van der Waals surface area contributed by atoms with Crippen LogP contribution in [0.2, 0.25) is 0 Å². The highest BCUT2D eigenvalue weighted by atomic mass is 16.6. The minimum absolute atomic E-state index is 0.0886. The van der Waals surface area contributed by atoms with Gasteiger partial charge in [0.2, 0.25) is 0 Å². The summed E-state index contributed by atoms with van der Waals surface area (Å²) in [5.41, 5.74) is 0. The van der Waals surface area contributed by atoms with Crippen molar-refractivity contribution in [2.45, 2.75) is 284 Å². The van der Waals surface area contributed by atoms with Gasteiger partial charge in [-0.2, -0.15) is 0 Å². The van der Waals surface area contributed by atoms with Crippen LogP contribution in [0.5, 0.6) is 0 Å². The molecule has 1 atom stereocenters.